The minimum Gasteiger partial charge on any atom is -0.496 e. The average Bonchev–Trinajstić information content (AvgIpc) is 2.41. The Kier molecular flexibility index (Phi) is 5.63. The van der Waals surface area contributed by atoms with Crippen LogP contribution in [0, 0.1) is 0 Å². The third-order valence-corrected chi connectivity index (χ3v) is 3.54. The molecule has 20 heavy (non-hydrogen) atoms. The summed E-state index contributed by atoms with van der Waals surface area (Å²) in [7, 11) is 3.69. The Labute approximate surface area is 123 Å². The Morgan fingerprint density at radius 1 is 1.40 bits per heavy atom. The molecule has 0 fully saturated rings. The SMILES string of the molecule is C=CCN(c1cccc(OC)c1C(C)NC)C(C)(C)C. The van der Waals surface area contributed by atoms with Crippen LogP contribution in [0.5, 0.6) is 5.75 Å². The Bertz CT molecular complexity index is 449. The molecule has 1 rings (SSSR count). The van der Waals surface area contributed by atoms with Crippen molar-refractivity contribution in [3.8, 4) is 5.75 Å². The van der Waals surface area contributed by atoms with E-state index in [9.17, 15) is 0 Å². The predicted molar refractivity (Wildman–Crippen MR) is 87.8 cm³/mol. The van der Waals surface area contributed by atoms with Crippen molar-refractivity contribution in [3.05, 3.63) is 36.4 Å². The molecule has 0 aliphatic carbocycles. The van der Waals surface area contributed by atoms with Crippen LogP contribution in [0.2, 0.25) is 0 Å². The molecule has 1 N–H and O–H groups in total. The van der Waals surface area contributed by atoms with E-state index in [1.807, 2.05) is 25.3 Å². The van der Waals surface area contributed by atoms with Gasteiger partial charge in [0.1, 0.15) is 5.75 Å². The third-order valence-electron chi connectivity index (χ3n) is 3.54. The van der Waals surface area contributed by atoms with Gasteiger partial charge in [-0.1, -0.05) is 12.1 Å². The maximum absolute atomic E-state index is 5.56. The van der Waals surface area contributed by atoms with E-state index in [4.69, 9.17) is 4.74 Å². The molecule has 0 aliphatic rings. The first-order chi connectivity index (χ1) is 9.36. The van der Waals surface area contributed by atoms with Gasteiger partial charge < -0.3 is 15.0 Å². The molecule has 1 aromatic carbocycles. The molecule has 0 saturated carbocycles. The molecule has 3 nitrogen and oxygen atoms in total. The standard InChI is InChI=1S/C17H28N2O/c1-8-12-19(17(3,4)5)14-10-9-11-15(20-7)16(14)13(2)18-6/h8-11,13,18H,1,12H2,2-7H3. The van der Waals surface area contributed by atoms with Gasteiger partial charge in [-0.25, -0.2) is 0 Å². The zero-order chi connectivity index (χ0) is 15.3. The monoisotopic (exact) mass is 276 g/mol. The van der Waals surface area contributed by atoms with E-state index in [1.54, 1.807) is 7.11 Å². The summed E-state index contributed by atoms with van der Waals surface area (Å²) in [6, 6.07) is 6.43. The molecular formula is C17H28N2O. The van der Waals surface area contributed by atoms with Gasteiger partial charge in [-0.15, -0.1) is 6.58 Å². The number of ether oxygens (including phenoxy) is 1. The van der Waals surface area contributed by atoms with Gasteiger partial charge in [0.25, 0.3) is 0 Å². The fraction of sp³-hybridized carbons (Fsp3) is 0.529. The number of hydrogen-bond donors (Lipinski definition) is 1. The number of rotatable bonds is 6. The summed E-state index contributed by atoms with van der Waals surface area (Å²) < 4.78 is 5.56. The van der Waals surface area contributed by atoms with E-state index >= 15 is 0 Å². The minimum atomic E-state index is 0.0166. The lowest BCUT2D eigenvalue weighted by molar-refractivity contribution is 0.402. The lowest BCUT2D eigenvalue weighted by Gasteiger charge is -2.39. The topological polar surface area (TPSA) is 24.5 Å². The highest BCUT2D eigenvalue weighted by Crippen LogP contribution is 2.37. The number of hydrogen-bond acceptors (Lipinski definition) is 3. The molecule has 1 aromatic rings. The smallest absolute Gasteiger partial charge is 0.125 e. The van der Waals surface area contributed by atoms with E-state index in [0.29, 0.717) is 0 Å². The van der Waals surface area contributed by atoms with Crippen LogP contribution in [0.25, 0.3) is 0 Å². The largest absolute Gasteiger partial charge is 0.496 e. The van der Waals surface area contributed by atoms with Gasteiger partial charge in [0.2, 0.25) is 0 Å². The first kappa shape index (κ1) is 16.6. The number of nitrogens with one attached hydrogen (secondary N) is 1. The average molecular weight is 276 g/mol. The third kappa shape index (κ3) is 3.54. The first-order valence-corrected chi connectivity index (χ1v) is 7.09. The lowest BCUT2D eigenvalue weighted by Crippen LogP contribution is -2.42. The molecule has 0 amide bonds. The van der Waals surface area contributed by atoms with Crippen LogP contribution in [0.3, 0.4) is 0 Å². The first-order valence-electron chi connectivity index (χ1n) is 7.09. The van der Waals surface area contributed by atoms with Crippen molar-refractivity contribution in [2.75, 3.05) is 25.6 Å². The summed E-state index contributed by atoms with van der Waals surface area (Å²) in [5.41, 5.74) is 2.40. The molecule has 0 saturated heterocycles. The highest BCUT2D eigenvalue weighted by molar-refractivity contribution is 5.62. The van der Waals surface area contributed by atoms with Gasteiger partial charge >= 0.3 is 0 Å². The summed E-state index contributed by atoms with van der Waals surface area (Å²) in [5.74, 6) is 0.919. The second kappa shape index (κ2) is 6.80. The Morgan fingerprint density at radius 2 is 2.05 bits per heavy atom. The van der Waals surface area contributed by atoms with Gasteiger partial charge in [0.15, 0.2) is 0 Å². The van der Waals surface area contributed by atoms with Crippen molar-refractivity contribution in [2.45, 2.75) is 39.3 Å². The van der Waals surface area contributed by atoms with Crippen LogP contribution in [0.15, 0.2) is 30.9 Å². The number of benzene rings is 1. The fourth-order valence-electron chi connectivity index (χ4n) is 2.39. The molecule has 1 atom stereocenters. The van der Waals surface area contributed by atoms with Crippen LogP contribution in [-0.4, -0.2) is 26.2 Å². The van der Waals surface area contributed by atoms with Crippen molar-refractivity contribution in [3.63, 3.8) is 0 Å². The predicted octanol–water partition coefficient (Wildman–Crippen LogP) is 3.77. The van der Waals surface area contributed by atoms with Crippen LogP contribution in [-0.2, 0) is 0 Å². The Balaban J connectivity index is 3.44. The molecule has 0 aliphatic heterocycles. The van der Waals surface area contributed by atoms with Crippen LogP contribution < -0.4 is 15.0 Å². The number of methoxy groups -OCH3 is 1. The van der Waals surface area contributed by atoms with Gasteiger partial charge in [0, 0.05) is 29.4 Å². The van der Waals surface area contributed by atoms with Crippen LogP contribution >= 0.6 is 0 Å². The molecule has 3 heteroatoms. The zero-order valence-corrected chi connectivity index (χ0v) is 13.7. The van der Waals surface area contributed by atoms with E-state index in [0.717, 1.165) is 12.3 Å². The van der Waals surface area contributed by atoms with Crippen molar-refractivity contribution in [2.24, 2.45) is 0 Å². The van der Waals surface area contributed by atoms with Crippen molar-refractivity contribution < 1.29 is 4.74 Å². The normalized spacial score (nSPS) is 12.9. The van der Waals surface area contributed by atoms with Gasteiger partial charge in [-0.3, -0.25) is 0 Å². The quantitative estimate of drug-likeness (QED) is 0.801. The molecule has 0 spiro atoms. The van der Waals surface area contributed by atoms with Crippen molar-refractivity contribution >= 4 is 5.69 Å². The Morgan fingerprint density at radius 3 is 2.50 bits per heavy atom. The lowest BCUT2D eigenvalue weighted by atomic mass is 9.98. The highest BCUT2D eigenvalue weighted by Gasteiger charge is 2.25. The summed E-state index contributed by atoms with van der Waals surface area (Å²) in [5, 5.41) is 3.31. The molecule has 0 heterocycles. The molecule has 1 unspecified atom stereocenters. The maximum Gasteiger partial charge on any atom is 0.125 e. The summed E-state index contributed by atoms with van der Waals surface area (Å²) in [6.45, 7) is 13.5. The number of nitrogens with zero attached hydrogens (tertiary/aromatic N) is 1. The minimum absolute atomic E-state index is 0.0166. The van der Waals surface area contributed by atoms with Gasteiger partial charge in [-0.2, -0.15) is 0 Å². The van der Waals surface area contributed by atoms with E-state index < -0.39 is 0 Å². The number of anilines is 1. The molecule has 0 bridgehead atoms. The van der Waals surface area contributed by atoms with Crippen molar-refractivity contribution in [1.29, 1.82) is 0 Å². The molecular weight excluding hydrogens is 248 g/mol. The summed E-state index contributed by atoms with van der Waals surface area (Å²) in [6.07, 6.45) is 1.94. The molecule has 112 valence electrons. The van der Waals surface area contributed by atoms with E-state index in [-0.39, 0.29) is 11.6 Å². The van der Waals surface area contributed by atoms with E-state index in [2.05, 4.69) is 50.6 Å². The molecule has 0 radical (unpaired) electrons. The second-order valence-electron chi connectivity index (χ2n) is 5.97. The van der Waals surface area contributed by atoms with Gasteiger partial charge in [0.05, 0.1) is 7.11 Å². The second-order valence-corrected chi connectivity index (χ2v) is 5.97. The van der Waals surface area contributed by atoms with E-state index in [1.165, 1.54) is 11.3 Å². The summed E-state index contributed by atoms with van der Waals surface area (Å²) >= 11 is 0. The van der Waals surface area contributed by atoms with Crippen LogP contribution in [0.1, 0.15) is 39.3 Å². The Hall–Kier alpha value is -1.48. The summed E-state index contributed by atoms with van der Waals surface area (Å²) in [4.78, 5) is 2.35. The maximum atomic E-state index is 5.56. The fourth-order valence-corrected chi connectivity index (χ4v) is 2.39. The van der Waals surface area contributed by atoms with Gasteiger partial charge in [-0.05, 0) is 46.9 Å². The molecule has 0 aromatic heterocycles. The van der Waals surface area contributed by atoms with Crippen molar-refractivity contribution in [1.82, 2.24) is 5.32 Å². The van der Waals surface area contributed by atoms with Crippen LogP contribution in [0.4, 0.5) is 5.69 Å². The zero-order valence-electron chi connectivity index (χ0n) is 13.7. The highest BCUT2D eigenvalue weighted by atomic mass is 16.5.